The van der Waals surface area contributed by atoms with Crippen LogP contribution in [0.5, 0.6) is 5.75 Å². The van der Waals surface area contributed by atoms with Gasteiger partial charge in [0.2, 0.25) is 0 Å². The quantitative estimate of drug-likeness (QED) is 0.455. The Kier molecular flexibility index (Phi) is 8.16. The van der Waals surface area contributed by atoms with Crippen molar-refractivity contribution in [1.82, 2.24) is 0 Å². The number of hydrogen-bond acceptors (Lipinski definition) is 1. The van der Waals surface area contributed by atoms with Crippen LogP contribution in [0.3, 0.4) is 0 Å². The molecular formula is C15H23BrO. The van der Waals surface area contributed by atoms with Gasteiger partial charge in [0.1, 0.15) is 5.75 Å². The fourth-order valence-electron chi connectivity index (χ4n) is 1.80. The molecule has 2 heteroatoms. The van der Waals surface area contributed by atoms with Crippen molar-refractivity contribution < 1.29 is 4.74 Å². The monoisotopic (exact) mass is 298 g/mol. The van der Waals surface area contributed by atoms with Crippen LogP contribution in [0.25, 0.3) is 0 Å². The van der Waals surface area contributed by atoms with Crippen LogP contribution in [0.4, 0.5) is 0 Å². The largest absolute Gasteiger partial charge is 0.494 e. The molecule has 0 aliphatic rings. The normalized spacial score (nSPS) is 10.5. The summed E-state index contributed by atoms with van der Waals surface area (Å²) >= 11 is 3.46. The molecule has 0 unspecified atom stereocenters. The van der Waals surface area contributed by atoms with Crippen molar-refractivity contribution in [2.75, 3.05) is 11.9 Å². The first kappa shape index (κ1) is 14.6. The molecule has 0 saturated heterocycles. The van der Waals surface area contributed by atoms with Crippen LogP contribution in [-0.2, 0) is 0 Å². The van der Waals surface area contributed by atoms with E-state index in [1.807, 2.05) is 12.1 Å². The standard InChI is InChI=1S/C15H23BrO/c1-14-9-8-10-15(13-14)17-12-7-5-3-2-4-6-11-16/h8-10,13H,2-7,11-12H2,1H3. The summed E-state index contributed by atoms with van der Waals surface area (Å²) in [6.45, 7) is 2.94. The number of alkyl halides is 1. The minimum Gasteiger partial charge on any atom is -0.494 e. The van der Waals surface area contributed by atoms with Crippen LogP contribution >= 0.6 is 15.9 Å². The lowest BCUT2D eigenvalue weighted by atomic mass is 10.1. The Bertz CT molecular complexity index is 299. The first-order valence-corrected chi connectivity index (χ1v) is 7.70. The number of unbranched alkanes of at least 4 members (excludes halogenated alkanes) is 5. The molecule has 1 aromatic carbocycles. The SMILES string of the molecule is Cc1cccc(OCCCCCCCCBr)c1. The zero-order chi connectivity index (χ0) is 12.3. The number of benzene rings is 1. The summed E-state index contributed by atoms with van der Waals surface area (Å²) in [4.78, 5) is 0. The highest BCUT2D eigenvalue weighted by atomic mass is 79.9. The van der Waals surface area contributed by atoms with Crippen molar-refractivity contribution in [3.63, 3.8) is 0 Å². The van der Waals surface area contributed by atoms with Crippen molar-refractivity contribution >= 4 is 15.9 Å². The van der Waals surface area contributed by atoms with Crippen molar-refractivity contribution in [2.45, 2.75) is 45.4 Å². The fourth-order valence-corrected chi connectivity index (χ4v) is 2.20. The first-order chi connectivity index (χ1) is 8.33. The fraction of sp³-hybridized carbons (Fsp3) is 0.600. The third-order valence-electron chi connectivity index (χ3n) is 2.79. The average Bonchev–Trinajstić information content (AvgIpc) is 2.33. The van der Waals surface area contributed by atoms with Gasteiger partial charge in [-0.3, -0.25) is 0 Å². The van der Waals surface area contributed by atoms with Gasteiger partial charge < -0.3 is 4.74 Å². The molecule has 96 valence electrons. The highest BCUT2D eigenvalue weighted by molar-refractivity contribution is 9.09. The average molecular weight is 299 g/mol. The molecule has 1 nitrogen and oxygen atoms in total. The van der Waals surface area contributed by atoms with Gasteiger partial charge >= 0.3 is 0 Å². The summed E-state index contributed by atoms with van der Waals surface area (Å²) in [5.41, 5.74) is 1.26. The van der Waals surface area contributed by atoms with E-state index in [1.54, 1.807) is 0 Å². The van der Waals surface area contributed by atoms with Crippen LogP contribution in [0.2, 0.25) is 0 Å². The Balaban J connectivity index is 1.97. The maximum atomic E-state index is 5.71. The zero-order valence-electron chi connectivity index (χ0n) is 10.8. The molecule has 17 heavy (non-hydrogen) atoms. The summed E-state index contributed by atoms with van der Waals surface area (Å²) in [5, 5.41) is 1.14. The van der Waals surface area contributed by atoms with Gasteiger partial charge in [-0.1, -0.05) is 53.7 Å². The zero-order valence-corrected chi connectivity index (χ0v) is 12.3. The van der Waals surface area contributed by atoms with Gasteiger partial charge in [0.25, 0.3) is 0 Å². The van der Waals surface area contributed by atoms with E-state index >= 15 is 0 Å². The lowest BCUT2D eigenvalue weighted by Crippen LogP contribution is -1.97. The highest BCUT2D eigenvalue weighted by Gasteiger charge is 1.94. The molecule has 0 radical (unpaired) electrons. The van der Waals surface area contributed by atoms with E-state index in [1.165, 1.54) is 44.1 Å². The lowest BCUT2D eigenvalue weighted by Gasteiger charge is -2.06. The van der Waals surface area contributed by atoms with Crippen LogP contribution in [0.1, 0.15) is 44.1 Å². The van der Waals surface area contributed by atoms with Crippen LogP contribution in [0.15, 0.2) is 24.3 Å². The molecule has 0 fully saturated rings. The van der Waals surface area contributed by atoms with Gasteiger partial charge in [-0.05, 0) is 37.5 Å². The summed E-state index contributed by atoms with van der Waals surface area (Å²) in [7, 11) is 0. The van der Waals surface area contributed by atoms with Crippen molar-refractivity contribution in [2.24, 2.45) is 0 Å². The first-order valence-electron chi connectivity index (χ1n) is 6.58. The van der Waals surface area contributed by atoms with E-state index in [4.69, 9.17) is 4.74 Å². The van der Waals surface area contributed by atoms with E-state index in [0.717, 1.165) is 17.7 Å². The topological polar surface area (TPSA) is 9.23 Å². The second kappa shape index (κ2) is 9.52. The Labute approximate surface area is 114 Å². The summed E-state index contributed by atoms with van der Waals surface area (Å²) in [6.07, 6.45) is 7.81. The number of rotatable bonds is 9. The van der Waals surface area contributed by atoms with Crippen molar-refractivity contribution in [3.05, 3.63) is 29.8 Å². The summed E-state index contributed by atoms with van der Waals surface area (Å²) in [6, 6.07) is 8.26. The third kappa shape index (κ3) is 7.43. The van der Waals surface area contributed by atoms with E-state index in [9.17, 15) is 0 Å². The molecule has 0 aromatic heterocycles. The number of ether oxygens (including phenoxy) is 1. The molecule has 0 aliphatic carbocycles. The van der Waals surface area contributed by atoms with E-state index in [2.05, 4.69) is 35.0 Å². The van der Waals surface area contributed by atoms with E-state index in [0.29, 0.717) is 0 Å². The molecular weight excluding hydrogens is 276 g/mol. The van der Waals surface area contributed by atoms with Gasteiger partial charge in [0.05, 0.1) is 6.61 Å². The van der Waals surface area contributed by atoms with Gasteiger partial charge in [-0.15, -0.1) is 0 Å². The molecule has 1 aromatic rings. The molecule has 0 spiro atoms. The van der Waals surface area contributed by atoms with Crippen LogP contribution in [0, 0.1) is 6.92 Å². The predicted octanol–water partition coefficient (Wildman–Crippen LogP) is 5.11. The third-order valence-corrected chi connectivity index (χ3v) is 3.35. The molecule has 0 bridgehead atoms. The highest BCUT2D eigenvalue weighted by Crippen LogP contribution is 2.13. The van der Waals surface area contributed by atoms with E-state index < -0.39 is 0 Å². The smallest absolute Gasteiger partial charge is 0.119 e. The number of hydrogen-bond donors (Lipinski definition) is 0. The van der Waals surface area contributed by atoms with Gasteiger partial charge in [-0.25, -0.2) is 0 Å². The summed E-state index contributed by atoms with van der Waals surface area (Å²) < 4.78 is 5.71. The van der Waals surface area contributed by atoms with Crippen molar-refractivity contribution in [1.29, 1.82) is 0 Å². The van der Waals surface area contributed by atoms with Gasteiger partial charge in [0, 0.05) is 5.33 Å². The second-order valence-electron chi connectivity index (χ2n) is 4.48. The molecule has 0 aliphatic heterocycles. The molecule has 0 saturated carbocycles. The maximum Gasteiger partial charge on any atom is 0.119 e. The van der Waals surface area contributed by atoms with E-state index in [-0.39, 0.29) is 0 Å². The van der Waals surface area contributed by atoms with Gasteiger partial charge in [0.15, 0.2) is 0 Å². The molecule has 1 rings (SSSR count). The minimum atomic E-state index is 0.849. The Morgan fingerprint density at radius 1 is 1.00 bits per heavy atom. The Morgan fingerprint density at radius 3 is 2.41 bits per heavy atom. The number of aryl methyl sites for hydroxylation is 1. The van der Waals surface area contributed by atoms with Crippen molar-refractivity contribution in [3.8, 4) is 5.75 Å². The molecule has 0 heterocycles. The molecule has 0 atom stereocenters. The molecule has 0 amide bonds. The Hall–Kier alpha value is -0.500. The van der Waals surface area contributed by atoms with Crippen LogP contribution in [-0.4, -0.2) is 11.9 Å². The lowest BCUT2D eigenvalue weighted by molar-refractivity contribution is 0.304. The minimum absolute atomic E-state index is 0.849. The number of halogens is 1. The predicted molar refractivity (Wildman–Crippen MR) is 78.2 cm³/mol. The summed E-state index contributed by atoms with van der Waals surface area (Å²) in [5.74, 6) is 1.00. The second-order valence-corrected chi connectivity index (χ2v) is 5.27. The Morgan fingerprint density at radius 2 is 1.71 bits per heavy atom. The van der Waals surface area contributed by atoms with Gasteiger partial charge in [-0.2, -0.15) is 0 Å². The molecule has 0 N–H and O–H groups in total. The van der Waals surface area contributed by atoms with Crippen LogP contribution < -0.4 is 4.74 Å². The maximum absolute atomic E-state index is 5.71.